The van der Waals surface area contributed by atoms with Crippen molar-refractivity contribution in [1.82, 2.24) is 15.0 Å². The summed E-state index contributed by atoms with van der Waals surface area (Å²) in [7, 11) is 0. The second-order valence-electron chi connectivity index (χ2n) is 6.88. The zero-order chi connectivity index (χ0) is 23.5. The molecule has 2 heterocycles. The van der Waals surface area contributed by atoms with Crippen LogP contribution in [0.2, 0.25) is 10.0 Å². The highest BCUT2D eigenvalue weighted by Crippen LogP contribution is 2.31. The van der Waals surface area contributed by atoms with E-state index in [0.29, 0.717) is 27.7 Å². The van der Waals surface area contributed by atoms with Gasteiger partial charge in [-0.25, -0.2) is 4.98 Å². The van der Waals surface area contributed by atoms with Crippen LogP contribution >= 0.6 is 23.2 Å². The molecule has 0 unspecified atom stereocenters. The second-order valence-corrected chi connectivity index (χ2v) is 7.70. The van der Waals surface area contributed by atoms with Crippen LogP contribution in [0.1, 0.15) is 5.56 Å². The van der Waals surface area contributed by atoms with E-state index in [-0.39, 0.29) is 34.8 Å². The molecule has 4 rings (SSSR count). The number of nitrogens with one attached hydrogen (secondary N) is 2. The number of halogens is 2. The second kappa shape index (κ2) is 9.23. The quantitative estimate of drug-likeness (QED) is 0.225. The van der Waals surface area contributed by atoms with Crippen molar-refractivity contribution >= 4 is 63.5 Å². The minimum absolute atomic E-state index is 0.0445. The van der Waals surface area contributed by atoms with E-state index in [1.54, 1.807) is 42.7 Å². The van der Waals surface area contributed by atoms with Crippen LogP contribution < -0.4 is 15.8 Å². The molecule has 0 spiro atoms. The Labute approximate surface area is 196 Å². The van der Waals surface area contributed by atoms with Crippen LogP contribution in [-0.2, 0) is 11.3 Å². The fraction of sp³-hybridized carbons (Fsp3) is 0.0476. The summed E-state index contributed by atoms with van der Waals surface area (Å²) in [6, 6.07) is 10.5. The number of anilines is 3. The lowest BCUT2D eigenvalue weighted by Gasteiger charge is -2.19. The zero-order valence-electron chi connectivity index (χ0n) is 16.7. The molecule has 0 saturated carbocycles. The number of pyridine rings is 1. The number of nitro groups is 1. The number of carbonyl (C=O) groups excluding carboxylic acids is 1. The first-order valence-electron chi connectivity index (χ1n) is 9.41. The van der Waals surface area contributed by atoms with Gasteiger partial charge >= 0.3 is 0 Å². The maximum absolute atomic E-state index is 12.8. The first-order chi connectivity index (χ1) is 15.9. The Hall–Kier alpha value is -4.02. The van der Waals surface area contributed by atoms with Gasteiger partial charge in [0.15, 0.2) is 0 Å². The Balaban J connectivity index is 1.85. The lowest BCUT2D eigenvalue weighted by Crippen LogP contribution is -2.22. The van der Waals surface area contributed by atoms with Crippen LogP contribution in [0.4, 0.5) is 23.0 Å². The Kier molecular flexibility index (Phi) is 6.20. The summed E-state index contributed by atoms with van der Waals surface area (Å²) >= 11 is 12.0. The van der Waals surface area contributed by atoms with Gasteiger partial charge in [0.1, 0.15) is 5.52 Å². The van der Waals surface area contributed by atoms with Crippen molar-refractivity contribution in [1.29, 1.82) is 0 Å². The standard InChI is InChI=1S/C21H14Cl2N6O4/c22-16-4-3-13(6-17(16)23)25-21-26-19-15(20(31)27-21)7-14(29(32)33)8-18(19)28(11-30)10-12-2-1-5-24-9-12/h1-9,11H,10H2,(H2,25,26,27,31). The highest BCUT2D eigenvalue weighted by molar-refractivity contribution is 6.42. The van der Waals surface area contributed by atoms with E-state index >= 15 is 0 Å². The molecule has 10 nitrogen and oxygen atoms in total. The molecular formula is C21H14Cl2N6O4. The molecule has 4 aromatic rings. The predicted molar refractivity (Wildman–Crippen MR) is 125 cm³/mol. The van der Waals surface area contributed by atoms with Gasteiger partial charge in [-0.1, -0.05) is 29.3 Å². The van der Waals surface area contributed by atoms with Crippen molar-refractivity contribution in [2.75, 3.05) is 10.2 Å². The highest BCUT2D eigenvalue weighted by Gasteiger charge is 2.20. The van der Waals surface area contributed by atoms with Crippen molar-refractivity contribution in [3.05, 3.63) is 90.9 Å². The molecule has 1 amide bonds. The Bertz CT molecular complexity index is 1430. The van der Waals surface area contributed by atoms with Gasteiger partial charge in [-0.2, -0.15) is 0 Å². The molecule has 0 aliphatic heterocycles. The van der Waals surface area contributed by atoms with E-state index < -0.39 is 10.5 Å². The molecule has 166 valence electrons. The van der Waals surface area contributed by atoms with Crippen molar-refractivity contribution in [3.63, 3.8) is 0 Å². The summed E-state index contributed by atoms with van der Waals surface area (Å²) in [5, 5.41) is 15.0. The Morgan fingerprint density at radius 2 is 2.00 bits per heavy atom. The molecule has 0 aliphatic carbocycles. The first kappa shape index (κ1) is 22.2. The molecule has 0 saturated heterocycles. The van der Waals surface area contributed by atoms with Gasteiger partial charge in [0.05, 0.1) is 32.6 Å². The molecule has 2 aromatic carbocycles. The lowest BCUT2D eigenvalue weighted by molar-refractivity contribution is -0.384. The van der Waals surface area contributed by atoms with Crippen molar-refractivity contribution in [2.24, 2.45) is 0 Å². The minimum Gasteiger partial charge on any atom is -0.326 e. The fourth-order valence-corrected chi connectivity index (χ4v) is 3.47. The van der Waals surface area contributed by atoms with Gasteiger partial charge in [0.2, 0.25) is 12.4 Å². The number of aromatic amines is 1. The van der Waals surface area contributed by atoms with Crippen LogP contribution in [0.3, 0.4) is 0 Å². The van der Waals surface area contributed by atoms with Gasteiger partial charge < -0.3 is 10.2 Å². The number of rotatable bonds is 7. The first-order valence-corrected chi connectivity index (χ1v) is 10.2. The SMILES string of the molecule is O=CN(Cc1cccnc1)c1cc([N+](=O)[O-])cc2c(=O)[nH]c(Nc3ccc(Cl)c(Cl)c3)nc12. The largest absolute Gasteiger partial charge is 0.326 e. The monoisotopic (exact) mass is 484 g/mol. The molecule has 0 fully saturated rings. The van der Waals surface area contributed by atoms with Crippen molar-refractivity contribution < 1.29 is 9.72 Å². The molecule has 0 atom stereocenters. The minimum atomic E-state index is -0.642. The van der Waals surface area contributed by atoms with E-state index in [4.69, 9.17) is 23.2 Å². The van der Waals surface area contributed by atoms with E-state index in [9.17, 15) is 19.7 Å². The molecule has 33 heavy (non-hydrogen) atoms. The molecule has 0 aliphatic rings. The topological polar surface area (TPSA) is 134 Å². The number of fused-ring (bicyclic) bond motifs is 1. The number of amides is 1. The summed E-state index contributed by atoms with van der Waals surface area (Å²) in [4.78, 5) is 47.7. The number of carbonyl (C=O) groups is 1. The maximum atomic E-state index is 12.8. The van der Waals surface area contributed by atoms with Crippen molar-refractivity contribution in [3.8, 4) is 0 Å². The lowest BCUT2D eigenvalue weighted by atomic mass is 10.1. The number of nitrogens with zero attached hydrogens (tertiary/aromatic N) is 4. The molecule has 0 radical (unpaired) electrons. The third-order valence-corrected chi connectivity index (χ3v) is 5.42. The number of aromatic nitrogens is 3. The smallest absolute Gasteiger partial charge is 0.272 e. The normalized spacial score (nSPS) is 10.7. The molecule has 2 N–H and O–H groups in total. The summed E-state index contributed by atoms with van der Waals surface area (Å²) in [6.45, 7) is 0.0671. The van der Waals surface area contributed by atoms with Gasteiger partial charge in [-0.3, -0.25) is 29.7 Å². The van der Waals surface area contributed by atoms with E-state index in [2.05, 4.69) is 20.3 Å². The molecular weight excluding hydrogens is 471 g/mol. The summed E-state index contributed by atoms with van der Waals surface area (Å²) in [6.07, 6.45) is 3.66. The van der Waals surface area contributed by atoms with Gasteiger partial charge in [0, 0.05) is 30.2 Å². The Morgan fingerprint density at radius 1 is 1.18 bits per heavy atom. The van der Waals surface area contributed by atoms with Gasteiger partial charge in [0.25, 0.3) is 11.2 Å². The van der Waals surface area contributed by atoms with Crippen LogP contribution in [-0.4, -0.2) is 26.3 Å². The Morgan fingerprint density at radius 3 is 2.67 bits per heavy atom. The summed E-state index contributed by atoms with van der Waals surface area (Å²) in [5.41, 5.74) is 0.401. The molecule has 0 bridgehead atoms. The van der Waals surface area contributed by atoms with Crippen molar-refractivity contribution in [2.45, 2.75) is 6.54 Å². The number of non-ortho nitro benzene ring substituents is 1. The van der Waals surface area contributed by atoms with Crippen LogP contribution in [0.5, 0.6) is 0 Å². The molecule has 12 heteroatoms. The number of hydrogen-bond acceptors (Lipinski definition) is 7. The number of benzene rings is 2. The third-order valence-electron chi connectivity index (χ3n) is 4.68. The number of hydrogen-bond donors (Lipinski definition) is 2. The van der Waals surface area contributed by atoms with E-state index in [1.807, 2.05) is 0 Å². The van der Waals surface area contributed by atoms with E-state index in [1.165, 1.54) is 11.0 Å². The van der Waals surface area contributed by atoms with E-state index in [0.717, 1.165) is 6.07 Å². The average molecular weight is 485 g/mol. The molecule has 2 aromatic heterocycles. The zero-order valence-corrected chi connectivity index (χ0v) is 18.2. The number of nitro benzene ring substituents is 1. The highest BCUT2D eigenvalue weighted by atomic mass is 35.5. The van der Waals surface area contributed by atoms with Crippen LogP contribution in [0.15, 0.2) is 59.7 Å². The van der Waals surface area contributed by atoms with Crippen LogP contribution in [0.25, 0.3) is 10.9 Å². The van der Waals surface area contributed by atoms with Crippen LogP contribution in [0, 0.1) is 10.1 Å². The fourth-order valence-electron chi connectivity index (χ4n) is 3.17. The summed E-state index contributed by atoms with van der Waals surface area (Å²) in [5.74, 6) is 0.0493. The predicted octanol–water partition coefficient (Wildman–Crippen LogP) is 4.44. The van der Waals surface area contributed by atoms with Gasteiger partial charge in [-0.15, -0.1) is 0 Å². The third kappa shape index (κ3) is 4.76. The maximum Gasteiger partial charge on any atom is 0.272 e. The average Bonchev–Trinajstić information content (AvgIpc) is 2.80. The summed E-state index contributed by atoms with van der Waals surface area (Å²) < 4.78 is 0. The number of H-pyrrole nitrogens is 1. The van der Waals surface area contributed by atoms with Gasteiger partial charge in [-0.05, 0) is 29.8 Å².